The van der Waals surface area contributed by atoms with Gasteiger partial charge in [-0.3, -0.25) is 0 Å². The zero-order chi connectivity index (χ0) is 19.8. The molecule has 0 aliphatic rings. The van der Waals surface area contributed by atoms with Gasteiger partial charge in [0.25, 0.3) is 0 Å². The lowest BCUT2D eigenvalue weighted by Gasteiger charge is -2.36. The van der Waals surface area contributed by atoms with E-state index >= 15 is 0 Å². The standard InChI is InChI=1S/C18H41NO5P2/c1-15(2)24-18(7-10-19,8-11-25-13-16(20-3)21-4)9-12-26-14-17(22-5)23-6/h15-17,25-26H,7-14,19H2,1-6H3. The first-order valence-corrected chi connectivity index (χ1v) is 12.2. The highest BCUT2D eigenvalue weighted by atomic mass is 31.1. The first kappa shape index (κ1) is 26.6. The molecule has 0 aromatic rings. The topological polar surface area (TPSA) is 72.2 Å². The summed E-state index contributed by atoms with van der Waals surface area (Å²) in [5, 5.41) is 0. The van der Waals surface area contributed by atoms with E-state index in [2.05, 4.69) is 13.8 Å². The smallest absolute Gasteiger partial charge is 0.160 e. The van der Waals surface area contributed by atoms with Crippen LogP contribution in [0.3, 0.4) is 0 Å². The van der Waals surface area contributed by atoms with Crippen LogP contribution in [0, 0.1) is 0 Å². The van der Waals surface area contributed by atoms with Crippen LogP contribution in [0.1, 0.15) is 33.1 Å². The van der Waals surface area contributed by atoms with Gasteiger partial charge in [0.1, 0.15) is 0 Å². The Labute approximate surface area is 164 Å². The monoisotopic (exact) mass is 413 g/mol. The average Bonchev–Trinajstić information content (AvgIpc) is 2.62. The van der Waals surface area contributed by atoms with Crippen LogP contribution in [0.2, 0.25) is 0 Å². The summed E-state index contributed by atoms with van der Waals surface area (Å²) in [4.78, 5) is 0. The molecule has 2 N–H and O–H groups in total. The van der Waals surface area contributed by atoms with Gasteiger partial charge in [-0.1, -0.05) is 0 Å². The third-order valence-electron chi connectivity index (χ3n) is 4.27. The van der Waals surface area contributed by atoms with Crippen molar-refractivity contribution in [3.8, 4) is 0 Å². The van der Waals surface area contributed by atoms with Gasteiger partial charge in [0.15, 0.2) is 12.6 Å². The first-order chi connectivity index (χ1) is 12.5. The first-order valence-electron chi connectivity index (χ1n) is 9.37. The molecular formula is C18H41NO5P2. The number of ether oxygens (including phenoxy) is 5. The van der Waals surface area contributed by atoms with Crippen molar-refractivity contribution in [2.24, 2.45) is 5.73 Å². The second-order valence-corrected chi connectivity index (χ2v) is 9.41. The van der Waals surface area contributed by atoms with Crippen LogP contribution in [0.4, 0.5) is 0 Å². The lowest BCUT2D eigenvalue weighted by molar-refractivity contribution is -0.0892. The quantitative estimate of drug-likeness (QED) is 0.212. The summed E-state index contributed by atoms with van der Waals surface area (Å²) in [6.45, 7) is 4.86. The van der Waals surface area contributed by atoms with Gasteiger partial charge in [0.2, 0.25) is 0 Å². The molecule has 2 unspecified atom stereocenters. The van der Waals surface area contributed by atoms with Crippen molar-refractivity contribution in [1.29, 1.82) is 0 Å². The van der Waals surface area contributed by atoms with Crippen molar-refractivity contribution >= 4 is 17.2 Å². The molecule has 0 bridgehead atoms. The normalized spacial score (nSPS) is 15.5. The predicted molar refractivity (Wildman–Crippen MR) is 114 cm³/mol. The predicted octanol–water partition coefficient (Wildman–Crippen LogP) is 2.87. The molecule has 0 saturated carbocycles. The summed E-state index contributed by atoms with van der Waals surface area (Å²) in [5.74, 6) is 0. The number of methoxy groups -OCH3 is 4. The van der Waals surface area contributed by atoms with Crippen molar-refractivity contribution in [1.82, 2.24) is 0 Å². The summed E-state index contributed by atoms with van der Waals surface area (Å²) < 4.78 is 27.5. The molecule has 0 rings (SSSR count). The van der Waals surface area contributed by atoms with Crippen LogP contribution in [0.15, 0.2) is 0 Å². The van der Waals surface area contributed by atoms with Crippen LogP contribution in [-0.4, -0.2) is 83.9 Å². The summed E-state index contributed by atoms with van der Waals surface area (Å²) >= 11 is 0. The third kappa shape index (κ3) is 12.2. The Kier molecular flexibility index (Phi) is 17.0. The fraction of sp³-hybridized carbons (Fsp3) is 1.00. The minimum atomic E-state index is -0.131. The third-order valence-corrected chi connectivity index (χ3v) is 6.73. The second kappa shape index (κ2) is 16.6. The molecule has 158 valence electrons. The van der Waals surface area contributed by atoms with Crippen molar-refractivity contribution in [2.75, 3.05) is 59.6 Å². The molecule has 0 radical (unpaired) electrons. The number of nitrogens with two attached hydrogens (primary N) is 1. The number of hydrogen-bond donors (Lipinski definition) is 1. The van der Waals surface area contributed by atoms with Crippen LogP contribution in [0.25, 0.3) is 0 Å². The maximum absolute atomic E-state index is 6.40. The Hall–Kier alpha value is 0.620. The largest absolute Gasteiger partial charge is 0.372 e. The van der Waals surface area contributed by atoms with E-state index in [4.69, 9.17) is 29.4 Å². The SMILES string of the molecule is COC(CPCCC(CCN)(CCPCC(OC)OC)OC(C)C)OC. The molecule has 26 heavy (non-hydrogen) atoms. The Morgan fingerprint density at radius 3 is 1.50 bits per heavy atom. The Bertz CT molecular complexity index is 296. The molecule has 0 aromatic heterocycles. The summed E-state index contributed by atoms with van der Waals surface area (Å²) in [5.41, 5.74) is 5.80. The van der Waals surface area contributed by atoms with Gasteiger partial charge < -0.3 is 29.4 Å². The minimum absolute atomic E-state index is 0.107. The Morgan fingerprint density at radius 1 is 0.769 bits per heavy atom. The highest BCUT2D eigenvalue weighted by molar-refractivity contribution is 7.38. The number of rotatable bonds is 18. The lowest BCUT2D eigenvalue weighted by atomic mass is 9.92. The van der Waals surface area contributed by atoms with Gasteiger partial charge in [0, 0.05) is 40.8 Å². The van der Waals surface area contributed by atoms with Gasteiger partial charge in [-0.15, -0.1) is 17.2 Å². The Morgan fingerprint density at radius 2 is 1.19 bits per heavy atom. The lowest BCUT2D eigenvalue weighted by Crippen LogP contribution is -2.39. The Balaban J connectivity index is 4.57. The van der Waals surface area contributed by atoms with E-state index in [1.54, 1.807) is 28.4 Å². The van der Waals surface area contributed by atoms with E-state index in [9.17, 15) is 0 Å². The van der Waals surface area contributed by atoms with Crippen molar-refractivity contribution in [3.63, 3.8) is 0 Å². The molecule has 0 fully saturated rings. The van der Waals surface area contributed by atoms with E-state index in [1.165, 1.54) is 0 Å². The van der Waals surface area contributed by atoms with Crippen LogP contribution >= 0.6 is 17.2 Å². The van der Waals surface area contributed by atoms with E-state index in [1.807, 2.05) is 0 Å². The minimum Gasteiger partial charge on any atom is -0.372 e. The van der Waals surface area contributed by atoms with Crippen LogP contribution < -0.4 is 5.73 Å². The zero-order valence-electron chi connectivity index (χ0n) is 17.5. The fourth-order valence-corrected chi connectivity index (χ4v) is 5.72. The molecule has 6 nitrogen and oxygen atoms in total. The van der Waals surface area contributed by atoms with Crippen LogP contribution in [-0.2, 0) is 23.7 Å². The highest BCUT2D eigenvalue weighted by Crippen LogP contribution is 2.33. The summed E-state index contributed by atoms with van der Waals surface area (Å²) in [7, 11) is 8.34. The van der Waals surface area contributed by atoms with Gasteiger partial charge in [0.05, 0.1) is 11.7 Å². The van der Waals surface area contributed by atoms with Gasteiger partial charge >= 0.3 is 0 Å². The molecule has 0 aromatic carbocycles. The molecule has 0 aliphatic carbocycles. The molecule has 0 spiro atoms. The molecule has 2 atom stereocenters. The molecule has 0 heterocycles. The maximum Gasteiger partial charge on any atom is 0.160 e. The fourth-order valence-electron chi connectivity index (χ4n) is 2.91. The van der Waals surface area contributed by atoms with E-state index < -0.39 is 0 Å². The zero-order valence-corrected chi connectivity index (χ0v) is 19.5. The van der Waals surface area contributed by atoms with Crippen LogP contribution in [0.5, 0.6) is 0 Å². The van der Waals surface area contributed by atoms with Crippen molar-refractivity contribution < 1.29 is 23.7 Å². The summed E-state index contributed by atoms with van der Waals surface area (Å²) in [6.07, 6.45) is 7.02. The maximum atomic E-state index is 6.40. The molecular weight excluding hydrogens is 372 g/mol. The molecule has 0 amide bonds. The van der Waals surface area contributed by atoms with E-state index in [0.29, 0.717) is 6.54 Å². The highest BCUT2D eigenvalue weighted by Gasteiger charge is 2.30. The summed E-state index contributed by atoms with van der Waals surface area (Å²) in [6, 6.07) is 0. The van der Waals surface area contributed by atoms with Crippen molar-refractivity contribution in [2.45, 2.75) is 57.4 Å². The molecule has 0 aliphatic heterocycles. The van der Waals surface area contributed by atoms with E-state index in [0.717, 1.165) is 61.1 Å². The molecule has 0 saturated heterocycles. The average molecular weight is 413 g/mol. The second-order valence-electron chi connectivity index (χ2n) is 6.60. The van der Waals surface area contributed by atoms with Crippen molar-refractivity contribution in [3.05, 3.63) is 0 Å². The van der Waals surface area contributed by atoms with Gasteiger partial charge in [-0.2, -0.15) is 0 Å². The van der Waals surface area contributed by atoms with Gasteiger partial charge in [-0.25, -0.2) is 0 Å². The molecule has 8 heteroatoms. The number of hydrogen-bond acceptors (Lipinski definition) is 6. The van der Waals surface area contributed by atoms with Gasteiger partial charge in [-0.05, 0) is 52.0 Å². The van der Waals surface area contributed by atoms with E-state index in [-0.39, 0.29) is 24.3 Å².